The molecule has 0 atom stereocenters. The highest BCUT2D eigenvalue weighted by molar-refractivity contribution is 7.81. The third-order valence-electron chi connectivity index (χ3n) is 2.28. The number of hydrogen-bond acceptors (Lipinski definition) is 6. The molecule has 0 aliphatic carbocycles. The SMILES string of the molecule is O=S(=O)(O)F.O=S(=O)(O)O/C(=N/c1ccccc1)c1ccccc1F. The molecule has 0 radical (unpaired) electrons. The van der Waals surface area contributed by atoms with Crippen LogP contribution in [0.15, 0.2) is 59.6 Å². The van der Waals surface area contributed by atoms with Crippen molar-refractivity contribution >= 4 is 32.5 Å². The summed E-state index contributed by atoms with van der Waals surface area (Å²) in [6, 6.07) is 13.6. The first kappa shape index (κ1) is 20.6. The molecule has 0 aliphatic rings. The van der Waals surface area contributed by atoms with Gasteiger partial charge in [0, 0.05) is 0 Å². The van der Waals surface area contributed by atoms with Gasteiger partial charge in [0.2, 0.25) is 5.90 Å². The molecular weight excluding hydrogens is 384 g/mol. The molecule has 2 N–H and O–H groups in total. The summed E-state index contributed by atoms with van der Waals surface area (Å²) in [5.74, 6) is -1.26. The number of halogens is 2. The first-order chi connectivity index (χ1) is 11.5. The number of aliphatic imine (C=N–C) groups is 1. The molecule has 2 aromatic rings. The molecule has 0 amide bonds. The molecule has 0 aromatic heterocycles. The van der Waals surface area contributed by atoms with Crippen LogP contribution in [0.2, 0.25) is 0 Å². The highest BCUT2D eigenvalue weighted by Crippen LogP contribution is 2.16. The lowest BCUT2D eigenvalue weighted by atomic mass is 10.2. The Bertz CT molecular complexity index is 937. The molecule has 12 heteroatoms. The predicted molar refractivity (Wildman–Crippen MR) is 84.3 cm³/mol. The Hall–Kier alpha value is -2.41. The lowest BCUT2D eigenvalue weighted by molar-refractivity contribution is 0.382. The van der Waals surface area contributed by atoms with Crippen molar-refractivity contribution in [2.75, 3.05) is 0 Å². The minimum absolute atomic E-state index is 0.172. The summed E-state index contributed by atoms with van der Waals surface area (Å²) < 4.78 is 82.6. The van der Waals surface area contributed by atoms with Crippen LogP contribution in [0.1, 0.15) is 5.56 Å². The maximum Gasteiger partial charge on any atom is 0.448 e. The molecule has 8 nitrogen and oxygen atoms in total. The van der Waals surface area contributed by atoms with Crippen molar-refractivity contribution in [1.29, 1.82) is 0 Å². The number of nitrogens with zero attached hydrogens (tertiary/aromatic N) is 1. The van der Waals surface area contributed by atoms with Crippen molar-refractivity contribution in [3.63, 3.8) is 0 Å². The minimum Gasteiger partial charge on any atom is -0.340 e. The van der Waals surface area contributed by atoms with E-state index in [-0.39, 0.29) is 5.56 Å². The Labute approximate surface area is 142 Å². The number of benzene rings is 2. The summed E-state index contributed by atoms with van der Waals surface area (Å²) in [7, 11) is -9.97. The Morgan fingerprint density at radius 1 is 0.920 bits per heavy atom. The van der Waals surface area contributed by atoms with Crippen LogP contribution >= 0.6 is 0 Å². The zero-order valence-corrected chi connectivity index (χ0v) is 13.8. The maximum absolute atomic E-state index is 13.7. The van der Waals surface area contributed by atoms with Crippen LogP contribution in [0.5, 0.6) is 0 Å². The molecule has 0 aliphatic heterocycles. The van der Waals surface area contributed by atoms with Crippen LogP contribution < -0.4 is 0 Å². The summed E-state index contributed by atoms with van der Waals surface area (Å²) in [5, 5.41) is 0. The fraction of sp³-hybridized carbons (Fsp3) is 0. The summed E-state index contributed by atoms with van der Waals surface area (Å²) in [5.41, 5.74) is 0.184. The molecule has 0 unspecified atom stereocenters. The standard InChI is InChI=1S/C13H10FNO4S.FHO3S/c14-12-9-5-4-8-11(12)13(19-20(16,17)18)15-10-6-2-1-3-7-10;1-5(2,3)4/h1-9H,(H,16,17,18);(H,2,3,4)/b15-13+;. The average molecular weight is 395 g/mol. The lowest BCUT2D eigenvalue weighted by Crippen LogP contribution is -2.14. The topological polar surface area (TPSA) is 130 Å². The van der Waals surface area contributed by atoms with Gasteiger partial charge in [-0.3, -0.25) is 9.11 Å². The molecule has 2 aromatic carbocycles. The van der Waals surface area contributed by atoms with E-state index in [4.69, 9.17) is 17.5 Å². The second kappa shape index (κ2) is 8.62. The number of hydrogen-bond donors (Lipinski definition) is 2. The van der Waals surface area contributed by atoms with E-state index in [1.165, 1.54) is 18.2 Å². The fourth-order valence-electron chi connectivity index (χ4n) is 1.48. The van der Waals surface area contributed by atoms with Crippen LogP contribution in [0.3, 0.4) is 0 Å². The smallest absolute Gasteiger partial charge is 0.340 e. The third-order valence-corrected chi connectivity index (χ3v) is 2.64. The second-order valence-corrected chi connectivity index (χ2v) is 6.00. The van der Waals surface area contributed by atoms with Crippen molar-refractivity contribution in [2.24, 2.45) is 4.99 Å². The molecule has 0 heterocycles. The van der Waals surface area contributed by atoms with Crippen molar-refractivity contribution in [3.8, 4) is 0 Å². The van der Waals surface area contributed by atoms with Crippen molar-refractivity contribution in [2.45, 2.75) is 0 Å². The van der Waals surface area contributed by atoms with Crippen LogP contribution in [0.25, 0.3) is 0 Å². The minimum atomic E-state index is -5.17. The largest absolute Gasteiger partial charge is 0.448 e. The van der Waals surface area contributed by atoms with Crippen molar-refractivity contribution in [3.05, 3.63) is 66.0 Å². The van der Waals surface area contributed by atoms with Crippen LogP contribution in [0, 0.1) is 5.82 Å². The summed E-state index contributed by atoms with van der Waals surface area (Å²) in [6.07, 6.45) is 0. The van der Waals surface area contributed by atoms with Gasteiger partial charge >= 0.3 is 20.9 Å². The molecule has 0 saturated heterocycles. The summed E-state index contributed by atoms with van der Waals surface area (Å²) in [4.78, 5) is 3.89. The molecule has 2 rings (SSSR count). The van der Waals surface area contributed by atoms with E-state index in [0.717, 1.165) is 6.07 Å². The van der Waals surface area contributed by atoms with Gasteiger partial charge in [-0.2, -0.15) is 16.8 Å². The molecular formula is C13H11F2NO7S2. The van der Waals surface area contributed by atoms with Crippen LogP contribution in [-0.2, 0) is 25.1 Å². The normalized spacial score (nSPS) is 12.1. The monoisotopic (exact) mass is 395 g/mol. The third kappa shape index (κ3) is 9.46. The van der Waals surface area contributed by atoms with Gasteiger partial charge in [-0.25, -0.2) is 9.38 Å². The average Bonchev–Trinajstić information content (AvgIpc) is 2.45. The Morgan fingerprint density at radius 2 is 1.40 bits per heavy atom. The van der Waals surface area contributed by atoms with Gasteiger partial charge < -0.3 is 4.18 Å². The van der Waals surface area contributed by atoms with Crippen LogP contribution in [-0.4, -0.2) is 31.8 Å². The maximum atomic E-state index is 13.7. The molecule has 25 heavy (non-hydrogen) atoms. The Kier molecular flexibility index (Phi) is 7.11. The predicted octanol–water partition coefficient (Wildman–Crippen LogP) is 2.48. The zero-order chi connectivity index (χ0) is 19.1. The van der Waals surface area contributed by atoms with E-state index in [9.17, 15) is 16.7 Å². The lowest BCUT2D eigenvalue weighted by Gasteiger charge is -2.07. The first-order valence-electron chi connectivity index (χ1n) is 6.18. The van der Waals surface area contributed by atoms with Crippen molar-refractivity contribution in [1.82, 2.24) is 0 Å². The molecule has 0 fully saturated rings. The molecule has 0 spiro atoms. The first-order valence-corrected chi connectivity index (χ1v) is 8.89. The molecule has 136 valence electrons. The van der Waals surface area contributed by atoms with Crippen molar-refractivity contribution < 1.29 is 38.4 Å². The summed E-state index contributed by atoms with van der Waals surface area (Å²) in [6.45, 7) is 0. The Balaban J connectivity index is 0.000000550. The number of para-hydroxylation sites is 1. The van der Waals surface area contributed by atoms with Gasteiger partial charge in [-0.05, 0) is 24.3 Å². The number of rotatable bonds is 3. The van der Waals surface area contributed by atoms with E-state index in [0.29, 0.717) is 5.69 Å². The molecule has 0 saturated carbocycles. The quantitative estimate of drug-likeness (QED) is 0.353. The van der Waals surface area contributed by atoms with Gasteiger partial charge in [-0.15, -0.1) is 0 Å². The van der Waals surface area contributed by atoms with Gasteiger partial charge in [0.25, 0.3) is 0 Å². The highest BCUT2D eigenvalue weighted by atomic mass is 32.3. The van der Waals surface area contributed by atoms with Gasteiger partial charge in [-0.1, -0.05) is 34.2 Å². The highest BCUT2D eigenvalue weighted by Gasteiger charge is 2.17. The fourth-order valence-corrected chi connectivity index (χ4v) is 1.80. The molecule has 0 bridgehead atoms. The van der Waals surface area contributed by atoms with Gasteiger partial charge in [0.05, 0.1) is 11.3 Å². The van der Waals surface area contributed by atoms with Gasteiger partial charge in [0.1, 0.15) is 5.82 Å². The van der Waals surface area contributed by atoms with E-state index in [2.05, 4.69) is 9.18 Å². The van der Waals surface area contributed by atoms with Crippen LogP contribution in [0.4, 0.5) is 14.0 Å². The van der Waals surface area contributed by atoms with E-state index < -0.39 is 32.6 Å². The van der Waals surface area contributed by atoms with Gasteiger partial charge in [0.15, 0.2) is 0 Å². The summed E-state index contributed by atoms with van der Waals surface area (Å²) >= 11 is 0. The van der Waals surface area contributed by atoms with E-state index >= 15 is 0 Å². The van der Waals surface area contributed by atoms with E-state index in [1.807, 2.05) is 0 Å². The zero-order valence-electron chi connectivity index (χ0n) is 12.2. The van der Waals surface area contributed by atoms with E-state index in [1.54, 1.807) is 30.3 Å². The Morgan fingerprint density at radius 3 is 1.88 bits per heavy atom. The second-order valence-electron chi connectivity index (χ2n) is 4.16.